The van der Waals surface area contributed by atoms with Gasteiger partial charge in [0.15, 0.2) is 0 Å². The van der Waals surface area contributed by atoms with Gasteiger partial charge in [0.1, 0.15) is 5.69 Å². The molecular weight excluding hydrogens is 323 g/mol. The largest absolute Gasteiger partial charge is 0.340 e. The fourth-order valence-electron chi connectivity index (χ4n) is 2.03. The minimum absolute atomic E-state index is 0. The number of amides is 1. The van der Waals surface area contributed by atoms with Crippen LogP contribution in [-0.2, 0) is 0 Å². The molecule has 0 aliphatic carbocycles. The SMILES string of the molecule is CN(CC(C)(C)CN)C(=O)c1cnc2ccccc2n1.Cl.Cl. The zero-order valence-electron chi connectivity index (χ0n) is 12.9. The van der Waals surface area contributed by atoms with E-state index in [2.05, 4.69) is 9.97 Å². The lowest BCUT2D eigenvalue weighted by Gasteiger charge is -2.28. The van der Waals surface area contributed by atoms with Crippen LogP contribution in [0.1, 0.15) is 24.3 Å². The van der Waals surface area contributed by atoms with Gasteiger partial charge in [-0.3, -0.25) is 9.78 Å². The Morgan fingerprint density at radius 3 is 2.41 bits per heavy atom. The van der Waals surface area contributed by atoms with Crippen molar-refractivity contribution >= 4 is 41.8 Å². The zero-order chi connectivity index (χ0) is 14.8. The van der Waals surface area contributed by atoms with Gasteiger partial charge in [-0.2, -0.15) is 0 Å². The first kappa shape index (κ1) is 20.6. The van der Waals surface area contributed by atoms with Crippen LogP contribution >= 0.6 is 24.8 Å². The second-order valence-electron chi connectivity index (χ2n) is 5.77. The van der Waals surface area contributed by atoms with Crippen LogP contribution in [0, 0.1) is 5.41 Å². The van der Waals surface area contributed by atoms with Crippen LogP contribution in [0.15, 0.2) is 30.5 Å². The average Bonchev–Trinajstić information content (AvgIpc) is 2.45. The number of fused-ring (bicyclic) bond motifs is 1. The van der Waals surface area contributed by atoms with Crippen molar-refractivity contribution in [2.75, 3.05) is 20.1 Å². The monoisotopic (exact) mass is 344 g/mol. The van der Waals surface area contributed by atoms with Gasteiger partial charge in [0.05, 0.1) is 17.2 Å². The van der Waals surface area contributed by atoms with E-state index in [0.717, 1.165) is 11.0 Å². The van der Waals surface area contributed by atoms with Crippen molar-refractivity contribution in [2.45, 2.75) is 13.8 Å². The Labute approximate surface area is 143 Å². The van der Waals surface area contributed by atoms with E-state index in [4.69, 9.17) is 5.73 Å². The number of rotatable bonds is 4. The highest BCUT2D eigenvalue weighted by Crippen LogP contribution is 2.16. The van der Waals surface area contributed by atoms with Crippen LogP contribution in [0.5, 0.6) is 0 Å². The maximum atomic E-state index is 12.4. The quantitative estimate of drug-likeness (QED) is 0.924. The molecule has 1 aromatic carbocycles. The number of hydrogen-bond acceptors (Lipinski definition) is 4. The number of carbonyl (C=O) groups excluding carboxylic acids is 1. The average molecular weight is 345 g/mol. The Morgan fingerprint density at radius 1 is 1.23 bits per heavy atom. The standard InChI is InChI=1S/C15H20N4O.2ClH/c1-15(2,9-16)10-19(3)14(20)13-8-17-11-6-4-5-7-12(11)18-13;;/h4-8H,9-10,16H2,1-3H3;2*1H. The molecule has 22 heavy (non-hydrogen) atoms. The molecule has 122 valence electrons. The maximum absolute atomic E-state index is 12.4. The Morgan fingerprint density at radius 2 is 1.82 bits per heavy atom. The van der Waals surface area contributed by atoms with Crippen molar-refractivity contribution in [3.8, 4) is 0 Å². The van der Waals surface area contributed by atoms with Gasteiger partial charge in [-0.1, -0.05) is 26.0 Å². The molecule has 1 aromatic heterocycles. The summed E-state index contributed by atoms with van der Waals surface area (Å²) in [6.45, 7) is 5.16. The first-order valence-electron chi connectivity index (χ1n) is 6.60. The molecule has 0 saturated carbocycles. The van der Waals surface area contributed by atoms with Crippen molar-refractivity contribution in [1.29, 1.82) is 0 Å². The Bertz CT molecular complexity index is 634. The van der Waals surface area contributed by atoms with Gasteiger partial charge in [0, 0.05) is 13.6 Å². The highest BCUT2D eigenvalue weighted by Gasteiger charge is 2.22. The van der Waals surface area contributed by atoms with E-state index >= 15 is 0 Å². The van der Waals surface area contributed by atoms with E-state index in [-0.39, 0.29) is 36.1 Å². The van der Waals surface area contributed by atoms with E-state index < -0.39 is 0 Å². The molecule has 5 nitrogen and oxygen atoms in total. The third kappa shape index (κ3) is 4.80. The zero-order valence-corrected chi connectivity index (χ0v) is 14.6. The minimum Gasteiger partial charge on any atom is -0.340 e. The molecule has 2 aromatic rings. The summed E-state index contributed by atoms with van der Waals surface area (Å²) in [4.78, 5) is 22.6. The predicted octanol–water partition coefficient (Wildman–Crippen LogP) is 2.53. The summed E-state index contributed by atoms with van der Waals surface area (Å²) in [6, 6.07) is 7.50. The molecule has 7 heteroatoms. The second-order valence-corrected chi connectivity index (χ2v) is 5.77. The molecule has 1 heterocycles. The number of nitrogens with two attached hydrogens (primary N) is 1. The number of hydrogen-bond donors (Lipinski definition) is 1. The van der Waals surface area contributed by atoms with Gasteiger partial charge in [0.25, 0.3) is 5.91 Å². The molecule has 0 spiro atoms. The fraction of sp³-hybridized carbons (Fsp3) is 0.400. The summed E-state index contributed by atoms with van der Waals surface area (Å²) >= 11 is 0. The van der Waals surface area contributed by atoms with Gasteiger partial charge in [-0.15, -0.1) is 24.8 Å². The number of benzene rings is 1. The highest BCUT2D eigenvalue weighted by atomic mass is 35.5. The summed E-state index contributed by atoms with van der Waals surface area (Å²) in [5, 5.41) is 0. The Balaban J connectivity index is 0.00000220. The summed E-state index contributed by atoms with van der Waals surface area (Å²) in [5.74, 6) is -0.134. The summed E-state index contributed by atoms with van der Waals surface area (Å²) in [7, 11) is 1.76. The van der Waals surface area contributed by atoms with Gasteiger partial charge in [-0.05, 0) is 24.1 Å². The maximum Gasteiger partial charge on any atom is 0.273 e. The first-order chi connectivity index (χ1) is 9.43. The van der Waals surface area contributed by atoms with Crippen molar-refractivity contribution in [2.24, 2.45) is 11.1 Å². The number of halogens is 2. The van der Waals surface area contributed by atoms with Gasteiger partial charge < -0.3 is 10.6 Å². The van der Waals surface area contributed by atoms with E-state index in [9.17, 15) is 4.79 Å². The molecule has 0 atom stereocenters. The van der Waals surface area contributed by atoms with Crippen LogP contribution in [0.4, 0.5) is 0 Å². The minimum atomic E-state index is -0.134. The third-order valence-electron chi connectivity index (χ3n) is 3.23. The predicted molar refractivity (Wildman–Crippen MR) is 93.8 cm³/mol. The van der Waals surface area contributed by atoms with E-state index in [1.807, 2.05) is 38.1 Å². The molecule has 0 aliphatic rings. The topological polar surface area (TPSA) is 72.1 Å². The molecular formula is C15H22Cl2N4O. The highest BCUT2D eigenvalue weighted by molar-refractivity contribution is 5.93. The van der Waals surface area contributed by atoms with Crippen molar-refractivity contribution in [1.82, 2.24) is 14.9 Å². The van der Waals surface area contributed by atoms with Crippen LogP contribution < -0.4 is 5.73 Å². The summed E-state index contributed by atoms with van der Waals surface area (Å²) < 4.78 is 0. The van der Waals surface area contributed by atoms with Crippen LogP contribution in [-0.4, -0.2) is 40.9 Å². The van der Waals surface area contributed by atoms with Crippen molar-refractivity contribution in [3.05, 3.63) is 36.2 Å². The molecule has 0 aliphatic heterocycles. The van der Waals surface area contributed by atoms with Crippen LogP contribution in [0.25, 0.3) is 11.0 Å². The van der Waals surface area contributed by atoms with E-state index in [0.29, 0.717) is 18.8 Å². The fourth-order valence-corrected chi connectivity index (χ4v) is 2.03. The van der Waals surface area contributed by atoms with Crippen molar-refractivity contribution < 1.29 is 4.79 Å². The van der Waals surface area contributed by atoms with E-state index in [1.54, 1.807) is 11.9 Å². The normalized spacial score (nSPS) is 10.5. The molecule has 2 rings (SSSR count). The van der Waals surface area contributed by atoms with Crippen LogP contribution in [0.3, 0.4) is 0 Å². The smallest absolute Gasteiger partial charge is 0.273 e. The number of carbonyl (C=O) groups is 1. The lowest BCUT2D eigenvalue weighted by Crippen LogP contribution is -2.40. The van der Waals surface area contributed by atoms with Gasteiger partial charge in [0.2, 0.25) is 0 Å². The van der Waals surface area contributed by atoms with Gasteiger partial charge in [-0.25, -0.2) is 4.98 Å². The molecule has 0 radical (unpaired) electrons. The number of nitrogens with zero attached hydrogens (tertiary/aromatic N) is 3. The van der Waals surface area contributed by atoms with Crippen molar-refractivity contribution in [3.63, 3.8) is 0 Å². The number of para-hydroxylation sites is 2. The first-order valence-corrected chi connectivity index (χ1v) is 6.60. The molecule has 2 N–H and O–H groups in total. The lowest BCUT2D eigenvalue weighted by molar-refractivity contribution is 0.0734. The van der Waals surface area contributed by atoms with E-state index in [1.165, 1.54) is 6.20 Å². The molecule has 1 amide bonds. The summed E-state index contributed by atoms with van der Waals surface area (Å²) in [5.41, 5.74) is 7.46. The molecule has 0 fully saturated rings. The molecule has 0 bridgehead atoms. The Kier molecular flexibility index (Phi) is 7.73. The Hall–Kier alpha value is -1.43. The lowest BCUT2D eigenvalue weighted by atomic mass is 9.93. The van der Waals surface area contributed by atoms with Crippen LogP contribution in [0.2, 0.25) is 0 Å². The summed E-state index contributed by atoms with van der Waals surface area (Å²) in [6.07, 6.45) is 1.52. The third-order valence-corrected chi connectivity index (χ3v) is 3.23. The second kappa shape index (κ2) is 8.27. The molecule has 0 saturated heterocycles. The molecule has 0 unspecified atom stereocenters. The van der Waals surface area contributed by atoms with Gasteiger partial charge >= 0.3 is 0 Å². The number of aromatic nitrogens is 2.